The zero-order valence-corrected chi connectivity index (χ0v) is 10.5. The number of benzene rings is 2. The monoisotopic (exact) mass is 282 g/mol. The summed E-state index contributed by atoms with van der Waals surface area (Å²) in [6.07, 6.45) is 0. The molecule has 0 saturated carbocycles. The standard InChI is InChI=1S/C13H8Cl2O3/c14-10-3-1-2-9(12(10)15)8-5-4-7(13(17)18)6-11(8)16/h1-6,16H,(H,17,18). The Balaban J connectivity index is 2.58. The van der Waals surface area contributed by atoms with Crippen molar-refractivity contribution in [2.75, 3.05) is 0 Å². The fourth-order valence-electron chi connectivity index (χ4n) is 1.60. The van der Waals surface area contributed by atoms with Crippen molar-refractivity contribution in [3.63, 3.8) is 0 Å². The topological polar surface area (TPSA) is 57.5 Å². The number of phenolic OH excluding ortho intramolecular Hbond substituents is 1. The Bertz CT molecular complexity index is 624. The van der Waals surface area contributed by atoms with Crippen molar-refractivity contribution in [2.45, 2.75) is 0 Å². The third-order valence-electron chi connectivity index (χ3n) is 2.49. The van der Waals surface area contributed by atoms with Crippen LogP contribution in [0.15, 0.2) is 36.4 Å². The van der Waals surface area contributed by atoms with Crippen molar-refractivity contribution >= 4 is 29.2 Å². The zero-order valence-electron chi connectivity index (χ0n) is 9.02. The van der Waals surface area contributed by atoms with E-state index in [9.17, 15) is 9.90 Å². The molecular weight excluding hydrogens is 275 g/mol. The highest BCUT2D eigenvalue weighted by Gasteiger charge is 2.13. The molecule has 2 aromatic carbocycles. The molecule has 2 N–H and O–H groups in total. The quantitative estimate of drug-likeness (QED) is 0.873. The number of carboxylic acids is 1. The van der Waals surface area contributed by atoms with Gasteiger partial charge in [-0.15, -0.1) is 0 Å². The Morgan fingerprint density at radius 1 is 1.06 bits per heavy atom. The summed E-state index contributed by atoms with van der Waals surface area (Å²) in [6.45, 7) is 0. The molecule has 3 nitrogen and oxygen atoms in total. The molecule has 18 heavy (non-hydrogen) atoms. The summed E-state index contributed by atoms with van der Waals surface area (Å²) in [5, 5.41) is 19.3. The van der Waals surface area contributed by atoms with Gasteiger partial charge >= 0.3 is 5.97 Å². The van der Waals surface area contributed by atoms with E-state index in [1.807, 2.05) is 0 Å². The summed E-state index contributed by atoms with van der Waals surface area (Å²) < 4.78 is 0. The van der Waals surface area contributed by atoms with Gasteiger partial charge in [0.1, 0.15) is 5.75 Å². The minimum atomic E-state index is -1.10. The first-order valence-corrected chi connectivity index (χ1v) is 5.77. The minimum Gasteiger partial charge on any atom is -0.507 e. The van der Waals surface area contributed by atoms with Gasteiger partial charge in [-0.05, 0) is 24.3 Å². The second-order valence-corrected chi connectivity index (χ2v) is 4.42. The van der Waals surface area contributed by atoms with Gasteiger partial charge in [-0.25, -0.2) is 4.79 Å². The van der Waals surface area contributed by atoms with Crippen LogP contribution < -0.4 is 0 Å². The lowest BCUT2D eigenvalue weighted by Crippen LogP contribution is -1.95. The smallest absolute Gasteiger partial charge is 0.335 e. The van der Waals surface area contributed by atoms with Gasteiger partial charge in [0, 0.05) is 11.1 Å². The van der Waals surface area contributed by atoms with E-state index in [0.717, 1.165) is 0 Å². The van der Waals surface area contributed by atoms with Gasteiger partial charge in [0.05, 0.1) is 15.6 Å². The van der Waals surface area contributed by atoms with Gasteiger partial charge in [0.2, 0.25) is 0 Å². The third kappa shape index (κ3) is 2.28. The average Bonchev–Trinajstić information content (AvgIpc) is 2.33. The van der Waals surface area contributed by atoms with Gasteiger partial charge < -0.3 is 10.2 Å². The van der Waals surface area contributed by atoms with Crippen molar-refractivity contribution < 1.29 is 15.0 Å². The molecule has 0 amide bonds. The summed E-state index contributed by atoms with van der Waals surface area (Å²) >= 11 is 11.9. The van der Waals surface area contributed by atoms with E-state index in [4.69, 9.17) is 28.3 Å². The molecule has 0 aliphatic carbocycles. The molecule has 2 rings (SSSR count). The molecule has 0 atom stereocenters. The fraction of sp³-hybridized carbons (Fsp3) is 0. The van der Waals surface area contributed by atoms with E-state index >= 15 is 0 Å². The number of rotatable bonds is 2. The van der Waals surface area contributed by atoms with Crippen LogP contribution in [0.1, 0.15) is 10.4 Å². The Kier molecular flexibility index (Phi) is 3.45. The van der Waals surface area contributed by atoms with Crippen LogP contribution in [0.25, 0.3) is 11.1 Å². The maximum absolute atomic E-state index is 10.8. The van der Waals surface area contributed by atoms with E-state index in [1.54, 1.807) is 18.2 Å². The second-order valence-electron chi connectivity index (χ2n) is 3.64. The molecule has 0 heterocycles. The van der Waals surface area contributed by atoms with E-state index in [-0.39, 0.29) is 11.3 Å². The van der Waals surface area contributed by atoms with E-state index in [2.05, 4.69) is 0 Å². The normalized spacial score (nSPS) is 10.3. The number of carbonyl (C=O) groups is 1. The fourth-order valence-corrected chi connectivity index (χ4v) is 2.01. The van der Waals surface area contributed by atoms with Crippen LogP contribution in [0.2, 0.25) is 10.0 Å². The van der Waals surface area contributed by atoms with Crippen molar-refractivity contribution in [3.8, 4) is 16.9 Å². The van der Waals surface area contributed by atoms with Crippen LogP contribution in [-0.2, 0) is 0 Å². The first kappa shape index (κ1) is 12.7. The molecule has 0 bridgehead atoms. The third-order valence-corrected chi connectivity index (χ3v) is 3.31. The molecule has 0 aromatic heterocycles. The molecular formula is C13H8Cl2O3. The van der Waals surface area contributed by atoms with Crippen LogP contribution >= 0.6 is 23.2 Å². The molecule has 0 unspecified atom stereocenters. The van der Waals surface area contributed by atoms with E-state index in [1.165, 1.54) is 18.2 Å². The Morgan fingerprint density at radius 2 is 1.78 bits per heavy atom. The molecule has 92 valence electrons. The lowest BCUT2D eigenvalue weighted by molar-refractivity contribution is 0.0696. The van der Waals surface area contributed by atoms with Gasteiger partial charge in [-0.1, -0.05) is 35.3 Å². The molecule has 0 radical (unpaired) electrons. The number of aromatic carboxylic acids is 1. The maximum atomic E-state index is 10.8. The highest BCUT2D eigenvalue weighted by Crippen LogP contribution is 2.37. The van der Waals surface area contributed by atoms with Crippen LogP contribution in [0, 0.1) is 0 Å². The molecule has 2 aromatic rings. The molecule has 5 heteroatoms. The maximum Gasteiger partial charge on any atom is 0.335 e. The molecule has 0 aliphatic heterocycles. The Hall–Kier alpha value is -1.71. The summed E-state index contributed by atoms with van der Waals surface area (Å²) in [5.41, 5.74) is 1.00. The minimum absolute atomic E-state index is 0.00870. The van der Waals surface area contributed by atoms with Gasteiger partial charge in [-0.3, -0.25) is 0 Å². The zero-order chi connectivity index (χ0) is 13.3. The van der Waals surface area contributed by atoms with Crippen molar-refractivity contribution in [2.24, 2.45) is 0 Å². The number of hydrogen-bond donors (Lipinski definition) is 2. The van der Waals surface area contributed by atoms with Crippen molar-refractivity contribution in [1.29, 1.82) is 0 Å². The van der Waals surface area contributed by atoms with Gasteiger partial charge in [-0.2, -0.15) is 0 Å². The van der Waals surface area contributed by atoms with Gasteiger partial charge in [0.25, 0.3) is 0 Å². The van der Waals surface area contributed by atoms with Crippen LogP contribution in [0.4, 0.5) is 0 Å². The number of hydrogen-bond acceptors (Lipinski definition) is 2. The first-order valence-electron chi connectivity index (χ1n) is 5.01. The van der Waals surface area contributed by atoms with Crippen LogP contribution in [0.3, 0.4) is 0 Å². The highest BCUT2D eigenvalue weighted by molar-refractivity contribution is 6.43. The van der Waals surface area contributed by atoms with Crippen LogP contribution in [0.5, 0.6) is 5.75 Å². The van der Waals surface area contributed by atoms with E-state index < -0.39 is 5.97 Å². The largest absolute Gasteiger partial charge is 0.507 e. The number of halogens is 2. The van der Waals surface area contributed by atoms with Gasteiger partial charge in [0.15, 0.2) is 0 Å². The predicted octanol–water partition coefficient (Wildman–Crippen LogP) is 4.06. The van der Waals surface area contributed by atoms with Crippen molar-refractivity contribution in [1.82, 2.24) is 0 Å². The average molecular weight is 283 g/mol. The molecule has 0 fully saturated rings. The number of carboxylic acid groups (broad SMARTS) is 1. The number of phenols is 1. The summed E-state index contributed by atoms with van der Waals surface area (Å²) in [6, 6.07) is 9.10. The molecule has 0 spiro atoms. The summed E-state index contributed by atoms with van der Waals surface area (Å²) in [7, 11) is 0. The second kappa shape index (κ2) is 4.88. The molecule has 0 saturated heterocycles. The van der Waals surface area contributed by atoms with Crippen LogP contribution in [-0.4, -0.2) is 16.2 Å². The number of aromatic hydroxyl groups is 1. The summed E-state index contributed by atoms with van der Waals surface area (Å²) in [4.78, 5) is 10.8. The predicted molar refractivity (Wildman–Crippen MR) is 70.5 cm³/mol. The SMILES string of the molecule is O=C(O)c1ccc(-c2cccc(Cl)c2Cl)c(O)c1. The highest BCUT2D eigenvalue weighted by atomic mass is 35.5. The lowest BCUT2D eigenvalue weighted by Gasteiger charge is -2.08. The Morgan fingerprint density at radius 3 is 2.39 bits per heavy atom. The Labute approximate surface area is 113 Å². The first-order chi connectivity index (χ1) is 8.50. The molecule has 0 aliphatic rings. The van der Waals surface area contributed by atoms with E-state index in [0.29, 0.717) is 21.2 Å². The van der Waals surface area contributed by atoms with Crippen molar-refractivity contribution in [3.05, 3.63) is 52.0 Å². The lowest BCUT2D eigenvalue weighted by atomic mass is 10.0. The summed E-state index contributed by atoms with van der Waals surface area (Å²) in [5.74, 6) is -1.26.